The van der Waals surface area contributed by atoms with Crippen LogP contribution in [-0.4, -0.2) is 15.7 Å². The first-order valence-corrected chi connectivity index (χ1v) is 8.39. The molecule has 0 bridgehead atoms. The summed E-state index contributed by atoms with van der Waals surface area (Å²) in [5.41, 5.74) is -0.430. The predicted molar refractivity (Wildman–Crippen MR) is 98.1 cm³/mol. The maximum absolute atomic E-state index is 13.1. The van der Waals surface area contributed by atoms with Crippen LogP contribution in [0.3, 0.4) is 0 Å². The molecule has 0 fully saturated rings. The highest BCUT2D eigenvalue weighted by Crippen LogP contribution is 2.36. The van der Waals surface area contributed by atoms with Gasteiger partial charge in [-0.25, -0.2) is 0 Å². The summed E-state index contributed by atoms with van der Waals surface area (Å²) in [6.45, 7) is 0. The summed E-state index contributed by atoms with van der Waals surface area (Å²) in [6.07, 6.45) is -3.73. The predicted octanol–water partition coefficient (Wildman–Crippen LogP) is 5.67. The number of rotatable bonds is 3. The molecule has 9 heteroatoms. The fourth-order valence-corrected chi connectivity index (χ4v) is 3.00. The molecule has 1 N–H and O–H groups in total. The minimum atomic E-state index is -4.75. The van der Waals surface area contributed by atoms with E-state index >= 15 is 0 Å². The van der Waals surface area contributed by atoms with E-state index < -0.39 is 23.3 Å². The van der Waals surface area contributed by atoms with Gasteiger partial charge in [0.05, 0.1) is 16.3 Å². The summed E-state index contributed by atoms with van der Waals surface area (Å²) < 4.78 is 40.3. The number of halogens is 5. The van der Waals surface area contributed by atoms with Crippen molar-refractivity contribution in [2.24, 2.45) is 7.05 Å². The summed E-state index contributed by atoms with van der Waals surface area (Å²) in [7, 11) is 1.31. The summed E-state index contributed by atoms with van der Waals surface area (Å²) in [6, 6.07) is 11.5. The maximum atomic E-state index is 13.1. The molecule has 0 spiro atoms. The standard InChI is InChI=1S/C18H12Cl2F3N3O/c1-26-9-12(16(25-26)18(21,22)23)17(27)24-14-4-2-3-13(20)15(14)10-5-7-11(19)8-6-10/h2-9H,1H3,(H,24,27). The van der Waals surface area contributed by atoms with Crippen molar-refractivity contribution in [2.75, 3.05) is 5.32 Å². The number of benzene rings is 2. The van der Waals surface area contributed by atoms with Gasteiger partial charge in [-0.05, 0) is 29.8 Å². The summed E-state index contributed by atoms with van der Waals surface area (Å²) in [5, 5.41) is 6.69. The van der Waals surface area contributed by atoms with E-state index in [4.69, 9.17) is 23.2 Å². The molecule has 27 heavy (non-hydrogen) atoms. The first-order valence-electron chi connectivity index (χ1n) is 7.63. The van der Waals surface area contributed by atoms with E-state index in [1.807, 2.05) is 0 Å². The second-order valence-corrected chi connectivity index (χ2v) is 6.53. The molecule has 0 atom stereocenters. The molecule has 1 amide bonds. The van der Waals surface area contributed by atoms with Crippen molar-refractivity contribution >= 4 is 34.8 Å². The fraction of sp³-hybridized carbons (Fsp3) is 0.111. The Morgan fingerprint density at radius 1 is 1.11 bits per heavy atom. The molecule has 0 saturated carbocycles. The Balaban J connectivity index is 2.01. The van der Waals surface area contributed by atoms with Gasteiger partial charge in [-0.1, -0.05) is 41.4 Å². The number of carbonyl (C=O) groups excluding carboxylic acids is 1. The Labute approximate surface area is 162 Å². The van der Waals surface area contributed by atoms with Gasteiger partial charge in [-0.3, -0.25) is 9.48 Å². The molecule has 0 radical (unpaired) electrons. The largest absolute Gasteiger partial charge is 0.435 e. The summed E-state index contributed by atoms with van der Waals surface area (Å²) in [5.74, 6) is -0.937. The van der Waals surface area contributed by atoms with Crippen molar-refractivity contribution in [3.8, 4) is 11.1 Å². The zero-order chi connectivity index (χ0) is 19.8. The van der Waals surface area contributed by atoms with Crippen LogP contribution < -0.4 is 5.32 Å². The number of nitrogens with zero attached hydrogens (tertiary/aromatic N) is 2. The highest BCUT2D eigenvalue weighted by molar-refractivity contribution is 6.34. The molecule has 0 saturated heterocycles. The van der Waals surface area contributed by atoms with Crippen LogP contribution in [0.4, 0.5) is 18.9 Å². The van der Waals surface area contributed by atoms with Gasteiger partial charge in [0.25, 0.3) is 5.91 Å². The van der Waals surface area contributed by atoms with Crippen LogP contribution in [-0.2, 0) is 13.2 Å². The monoisotopic (exact) mass is 413 g/mol. The van der Waals surface area contributed by atoms with Crippen LogP contribution in [0.25, 0.3) is 11.1 Å². The van der Waals surface area contributed by atoms with Crippen molar-refractivity contribution < 1.29 is 18.0 Å². The second-order valence-electron chi connectivity index (χ2n) is 5.69. The average molecular weight is 414 g/mol. The molecule has 0 aliphatic carbocycles. The van der Waals surface area contributed by atoms with E-state index in [9.17, 15) is 18.0 Å². The maximum Gasteiger partial charge on any atom is 0.435 e. The topological polar surface area (TPSA) is 46.9 Å². The van der Waals surface area contributed by atoms with E-state index in [-0.39, 0.29) is 5.69 Å². The van der Waals surface area contributed by atoms with Crippen molar-refractivity contribution in [1.29, 1.82) is 0 Å². The number of anilines is 1. The lowest BCUT2D eigenvalue weighted by Gasteiger charge is -2.13. The molecule has 140 valence electrons. The molecular formula is C18H12Cl2F3N3O. The first-order chi connectivity index (χ1) is 12.7. The number of amides is 1. The number of alkyl halides is 3. The number of carbonyl (C=O) groups is 1. The van der Waals surface area contributed by atoms with Gasteiger partial charge in [0.2, 0.25) is 0 Å². The number of hydrogen-bond donors (Lipinski definition) is 1. The zero-order valence-electron chi connectivity index (χ0n) is 13.8. The van der Waals surface area contributed by atoms with Crippen LogP contribution in [0.5, 0.6) is 0 Å². The quantitative estimate of drug-likeness (QED) is 0.601. The molecule has 4 nitrogen and oxygen atoms in total. The average Bonchev–Trinajstić information content (AvgIpc) is 2.99. The number of hydrogen-bond acceptors (Lipinski definition) is 2. The third-order valence-electron chi connectivity index (χ3n) is 3.74. The highest BCUT2D eigenvalue weighted by Gasteiger charge is 2.39. The van der Waals surface area contributed by atoms with Gasteiger partial charge in [0.15, 0.2) is 5.69 Å². The SMILES string of the molecule is Cn1cc(C(=O)Nc2cccc(Cl)c2-c2ccc(Cl)cc2)c(C(F)(F)F)n1. The lowest BCUT2D eigenvalue weighted by atomic mass is 10.0. The first kappa shape index (κ1) is 19.3. The van der Waals surface area contributed by atoms with Crippen molar-refractivity contribution in [1.82, 2.24) is 9.78 Å². The van der Waals surface area contributed by atoms with Gasteiger partial charge in [-0.15, -0.1) is 0 Å². The van der Waals surface area contributed by atoms with Crippen LogP contribution in [0.2, 0.25) is 10.0 Å². The zero-order valence-corrected chi connectivity index (χ0v) is 15.3. The molecule has 2 aromatic carbocycles. The van der Waals surface area contributed by atoms with Crippen LogP contribution in [0.1, 0.15) is 16.1 Å². The Kier molecular flexibility index (Phi) is 5.17. The van der Waals surface area contributed by atoms with Crippen molar-refractivity contribution in [2.45, 2.75) is 6.18 Å². The molecule has 3 rings (SSSR count). The second kappa shape index (κ2) is 7.25. The third-order valence-corrected chi connectivity index (χ3v) is 4.30. The minimum absolute atomic E-state index is 0.270. The number of nitrogens with one attached hydrogen (secondary N) is 1. The number of aryl methyl sites for hydroxylation is 1. The third kappa shape index (κ3) is 4.09. The Morgan fingerprint density at radius 2 is 1.78 bits per heavy atom. The lowest BCUT2D eigenvalue weighted by Crippen LogP contribution is -2.18. The molecule has 0 aliphatic rings. The van der Waals surface area contributed by atoms with E-state index in [1.54, 1.807) is 42.5 Å². The van der Waals surface area contributed by atoms with Crippen LogP contribution in [0, 0.1) is 0 Å². The lowest BCUT2D eigenvalue weighted by molar-refractivity contribution is -0.141. The Morgan fingerprint density at radius 3 is 2.41 bits per heavy atom. The number of aromatic nitrogens is 2. The molecule has 0 aliphatic heterocycles. The molecule has 1 aromatic heterocycles. The fourth-order valence-electron chi connectivity index (χ4n) is 2.59. The van der Waals surface area contributed by atoms with E-state index in [2.05, 4.69) is 10.4 Å². The van der Waals surface area contributed by atoms with Gasteiger partial charge in [-0.2, -0.15) is 18.3 Å². The van der Waals surface area contributed by atoms with Crippen LogP contribution in [0.15, 0.2) is 48.7 Å². The van der Waals surface area contributed by atoms with Gasteiger partial charge in [0.1, 0.15) is 0 Å². The van der Waals surface area contributed by atoms with E-state index in [1.165, 1.54) is 7.05 Å². The normalized spacial score (nSPS) is 11.5. The van der Waals surface area contributed by atoms with E-state index in [0.717, 1.165) is 10.9 Å². The van der Waals surface area contributed by atoms with Crippen molar-refractivity contribution in [3.63, 3.8) is 0 Å². The van der Waals surface area contributed by atoms with Crippen molar-refractivity contribution in [3.05, 3.63) is 70.0 Å². The summed E-state index contributed by atoms with van der Waals surface area (Å²) in [4.78, 5) is 12.5. The molecule has 0 unspecified atom stereocenters. The highest BCUT2D eigenvalue weighted by atomic mass is 35.5. The minimum Gasteiger partial charge on any atom is -0.321 e. The van der Waals surface area contributed by atoms with Gasteiger partial charge in [0, 0.05) is 23.8 Å². The molecular weight excluding hydrogens is 402 g/mol. The van der Waals surface area contributed by atoms with E-state index in [0.29, 0.717) is 21.2 Å². The summed E-state index contributed by atoms with van der Waals surface area (Å²) >= 11 is 12.1. The Bertz CT molecular complexity index is 998. The smallest absolute Gasteiger partial charge is 0.321 e. The van der Waals surface area contributed by atoms with Gasteiger partial charge >= 0.3 is 6.18 Å². The van der Waals surface area contributed by atoms with Gasteiger partial charge < -0.3 is 5.32 Å². The molecule has 1 heterocycles. The van der Waals surface area contributed by atoms with Crippen LogP contribution >= 0.6 is 23.2 Å². The molecule has 3 aromatic rings. The Hall–Kier alpha value is -2.51.